The van der Waals surface area contributed by atoms with Gasteiger partial charge < -0.3 is 14.3 Å². The molecule has 0 saturated carbocycles. The summed E-state index contributed by atoms with van der Waals surface area (Å²) in [5.74, 6) is 0. The molecule has 2 aliphatic rings. The molecule has 0 saturated heterocycles. The van der Waals surface area contributed by atoms with Crippen LogP contribution in [0.25, 0.3) is 49.4 Å². The second kappa shape index (κ2) is 10.5. The predicted octanol–water partition coefficient (Wildman–Crippen LogP) is 10.6. The van der Waals surface area contributed by atoms with Gasteiger partial charge in [-0.05, 0) is 87.9 Å². The molecule has 3 heterocycles. The minimum Gasteiger partial charge on any atom is -0.376 e. The van der Waals surface area contributed by atoms with Crippen LogP contribution in [0.1, 0.15) is 0 Å². The van der Waals surface area contributed by atoms with E-state index in [1.54, 1.807) is 0 Å². The number of benzene rings is 8. The van der Waals surface area contributed by atoms with Crippen LogP contribution in [0, 0.1) is 0 Å². The molecule has 50 heavy (non-hydrogen) atoms. The molecule has 9 aromatic rings. The zero-order valence-corrected chi connectivity index (χ0v) is 27.2. The lowest BCUT2D eigenvalue weighted by Gasteiger charge is -2.42. The van der Waals surface area contributed by atoms with Gasteiger partial charge >= 0.3 is 6.85 Å². The number of hydrogen-bond acceptors (Lipinski definition) is 2. The van der Waals surface area contributed by atoms with Gasteiger partial charge in [0.05, 0.1) is 16.7 Å². The molecule has 0 N–H and O–H groups in total. The number of anilines is 5. The molecule has 11 rings (SSSR count). The molecule has 0 fully saturated rings. The summed E-state index contributed by atoms with van der Waals surface area (Å²) >= 11 is 0. The first-order valence-corrected chi connectivity index (χ1v) is 17.3. The van der Waals surface area contributed by atoms with E-state index in [4.69, 9.17) is 0 Å². The number of nitrogens with zero attached hydrogens (tertiary/aromatic N) is 3. The van der Waals surface area contributed by atoms with E-state index in [1.807, 2.05) is 0 Å². The van der Waals surface area contributed by atoms with Crippen molar-refractivity contribution < 1.29 is 0 Å². The maximum atomic E-state index is 2.57. The lowest BCUT2D eigenvalue weighted by atomic mass is 9.44. The Morgan fingerprint density at radius 2 is 1.10 bits per heavy atom. The molecule has 0 aliphatic carbocycles. The first-order valence-electron chi connectivity index (χ1n) is 17.3. The van der Waals surface area contributed by atoms with Crippen LogP contribution in [0.5, 0.6) is 0 Å². The van der Waals surface area contributed by atoms with Crippen molar-refractivity contribution in [2.75, 3.05) is 9.71 Å². The number of fused-ring (bicyclic) bond motifs is 10. The van der Waals surface area contributed by atoms with Crippen LogP contribution in [-0.2, 0) is 0 Å². The van der Waals surface area contributed by atoms with Gasteiger partial charge in [-0.15, -0.1) is 0 Å². The van der Waals surface area contributed by atoms with Gasteiger partial charge in [-0.2, -0.15) is 0 Å². The van der Waals surface area contributed by atoms with Crippen molar-refractivity contribution in [3.05, 3.63) is 182 Å². The molecule has 0 spiro atoms. The second-order valence-corrected chi connectivity index (χ2v) is 13.3. The largest absolute Gasteiger partial charge is 0.376 e. The van der Waals surface area contributed by atoms with Crippen molar-refractivity contribution in [1.29, 1.82) is 0 Å². The molecule has 8 aromatic carbocycles. The molecule has 0 amide bonds. The fourth-order valence-corrected chi connectivity index (χ4v) is 8.76. The zero-order valence-electron chi connectivity index (χ0n) is 27.2. The van der Waals surface area contributed by atoms with E-state index in [2.05, 4.69) is 196 Å². The molecular weight excluding hydrogens is 605 g/mol. The molecular formula is C46H30BN3. The van der Waals surface area contributed by atoms with Gasteiger partial charge in [-0.25, -0.2) is 0 Å². The van der Waals surface area contributed by atoms with E-state index in [0.29, 0.717) is 0 Å². The van der Waals surface area contributed by atoms with Crippen LogP contribution in [0.15, 0.2) is 182 Å². The third-order valence-electron chi connectivity index (χ3n) is 10.7. The van der Waals surface area contributed by atoms with Gasteiger partial charge in [-0.1, -0.05) is 121 Å². The Kier molecular flexibility index (Phi) is 5.76. The minimum absolute atomic E-state index is 0.0139. The van der Waals surface area contributed by atoms with Crippen LogP contribution >= 0.6 is 0 Å². The molecule has 0 bridgehead atoms. The summed E-state index contributed by atoms with van der Waals surface area (Å²) in [5.41, 5.74) is 14.8. The molecule has 2 aliphatic heterocycles. The third-order valence-corrected chi connectivity index (χ3v) is 10.7. The van der Waals surface area contributed by atoms with Gasteiger partial charge in [0, 0.05) is 44.8 Å². The highest BCUT2D eigenvalue weighted by atomic mass is 15.2. The van der Waals surface area contributed by atoms with Gasteiger partial charge in [0.15, 0.2) is 0 Å². The molecule has 232 valence electrons. The SMILES string of the molecule is c1ccc(N2B3c4ccccc4-n4c5ccc6ccccc6c5c5c(N(c6ccccc6)c6ccccc6)cc(c3c54)-c3ccccc32)cc1. The Morgan fingerprint density at radius 3 is 1.86 bits per heavy atom. The zero-order chi connectivity index (χ0) is 32.8. The van der Waals surface area contributed by atoms with E-state index in [1.165, 1.54) is 77.4 Å². The Hall–Kier alpha value is -6.52. The Bertz CT molecular complexity index is 2730. The summed E-state index contributed by atoms with van der Waals surface area (Å²) in [4.78, 5) is 5.03. The summed E-state index contributed by atoms with van der Waals surface area (Å²) in [6.07, 6.45) is 0. The summed E-state index contributed by atoms with van der Waals surface area (Å²) in [6.45, 7) is -0.0139. The van der Waals surface area contributed by atoms with Crippen LogP contribution < -0.4 is 20.6 Å². The highest BCUT2D eigenvalue weighted by Gasteiger charge is 2.44. The maximum Gasteiger partial charge on any atom is 0.333 e. The van der Waals surface area contributed by atoms with Crippen molar-refractivity contribution in [1.82, 2.24) is 4.57 Å². The smallest absolute Gasteiger partial charge is 0.333 e. The highest BCUT2D eigenvalue weighted by Crippen LogP contribution is 2.51. The van der Waals surface area contributed by atoms with E-state index < -0.39 is 0 Å². The van der Waals surface area contributed by atoms with Crippen molar-refractivity contribution >= 4 is 78.8 Å². The van der Waals surface area contributed by atoms with Crippen molar-refractivity contribution in [2.45, 2.75) is 0 Å². The second-order valence-electron chi connectivity index (χ2n) is 13.3. The van der Waals surface area contributed by atoms with E-state index in [-0.39, 0.29) is 6.85 Å². The highest BCUT2D eigenvalue weighted by molar-refractivity contribution is 6.93. The molecule has 4 heteroatoms. The average molecular weight is 636 g/mol. The van der Waals surface area contributed by atoms with Gasteiger partial charge in [0.25, 0.3) is 0 Å². The molecule has 0 radical (unpaired) electrons. The van der Waals surface area contributed by atoms with Crippen LogP contribution in [0.3, 0.4) is 0 Å². The number of hydrogen-bond donors (Lipinski definition) is 0. The van der Waals surface area contributed by atoms with Crippen molar-refractivity contribution in [3.63, 3.8) is 0 Å². The summed E-state index contributed by atoms with van der Waals surface area (Å²) in [5, 5.41) is 5.07. The first kappa shape index (κ1) is 27.4. The van der Waals surface area contributed by atoms with Crippen LogP contribution in [-0.4, -0.2) is 11.4 Å². The molecule has 0 atom stereocenters. The number of aromatic nitrogens is 1. The summed E-state index contributed by atoms with van der Waals surface area (Å²) < 4.78 is 2.57. The van der Waals surface area contributed by atoms with Gasteiger partial charge in [-0.3, -0.25) is 0 Å². The standard InChI is InChI=1S/C46H30BN3/c1-4-17-32(18-5-1)48(33-19-6-2-7-20-33)42-30-37-36-24-12-14-26-39(36)50(34-21-8-3-9-22-34)47-38-25-13-15-27-40(38)49-41-29-28-31-16-10-11-23-35(31)43(41)44(42)46(49)45(37)47/h1-30H. The molecule has 0 unspecified atom stereocenters. The van der Waals surface area contributed by atoms with Crippen LogP contribution in [0.4, 0.5) is 28.4 Å². The average Bonchev–Trinajstić information content (AvgIpc) is 3.55. The van der Waals surface area contributed by atoms with Gasteiger partial charge in [0.2, 0.25) is 0 Å². The van der Waals surface area contributed by atoms with E-state index >= 15 is 0 Å². The Morgan fingerprint density at radius 1 is 0.480 bits per heavy atom. The summed E-state index contributed by atoms with van der Waals surface area (Å²) in [7, 11) is 0. The third kappa shape index (κ3) is 3.70. The molecule has 1 aromatic heterocycles. The fraction of sp³-hybridized carbons (Fsp3) is 0. The van der Waals surface area contributed by atoms with Crippen LogP contribution in [0.2, 0.25) is 0 Å². The minimum atomic E-state index is -0.0139. The monoisotopic (exact) mass is 635 g/mol. The fourth-order valence-electron chi connectivity index (χ4n) is 8.76. The number of rotatable bonds is 4. The topological polar surface area (TPSA) is 11.4 Å². The predicted molar refractivity (Wildman–Crippen MR) is 212 cm³/mol. The Balaban J connectivity index is 1.40. The maximum absolute atomic E-state index is 2.57. The Labute approximate surface area is 291 Å². The molecule has 3 nitrogen and oxygen atoms in total. The lowest BCUT2D eigenvalue weighted by molar-refractivity contribution is 1.18. The van der Waals surface area contributed by atoms with E-state index in [9.17, 15) is 0 Å². The quantitative estimate of drug-likeness (QED) is 0.178. The normalized spacial score (nSPS) is 12.7. The number of para-hydroxylation sites is 5. The first-order chi connectivity index (χ1) is 24.9. The van der Waals surface area contributed by atoms with Gasteiger partial charge in [0.1, 0.15) is 0 Å². The lowest BCUT2D eigenvalue weighted by Crippen LogP contribution is -2.60. The summed E-state index contributed by atoms with van der Waals surface area (Å²) in [6, 6.07) is 66.6. The van der Waals surface area contributed by atoms with Crippen molar-refractivity contribution in [3.8, 4) is 16.8 Å². The van der Waals surface area contributed by atoms with Crippen molar-refractivity contribution in [2.24, 2.45) is 0 Å². The van der Waals surface area contributed by atoms with E-state index in [0.717, 1.165) is 11.4 Å².